The van der Waals surface area contributed by atoms with E-state index in [-0.39, 0.29) is 23.0 Å². The van der Waals surface area contributed by atoms with E-state index in [1.807, 2.05) is 30.3 Å². The first-order chi connectivity index (χ1) is 17.8. The minimum Gasteiger partial charge on any atom is -0.462 e. The van der Waals surface area contributed by atoms with Crippen molar-refractivity contribution in [1.29, 1.82) is 0 Å². The van der Waals surface area contributed by atoms with Gasteiger partial charge in [0.1, 0.15) is 16.7 Å². The largest absolute Gasteiger partial charge is 0.462 e. The van der Waals surface area contributed by atoms with Gasteiger partial charge in [0.05, 0.1) is 6.61 Å². The molecule has 0 spiro atoms. The Morgan fingerprint density at radius 2 is 1.81 bits per heavy atom. The molecule has 0 saturated heterocycles. The molecule has 6 nitrogen and oxygen atoms in total. The van der Waals surface area contributed by atoms with Crippen molar-refractivity contribution in [1.82, 2.24) is 4.57 Å². The molecule has 9 heteroatoms. The number of aromatic nitrogens is 1. The number of nitrogens with zero attached hydrogens (tertiary/aromatic N) is 2. The standard InChI is InChI=1S/C28H24ClFN2O4S/c1-3-36-28(34)26-12-11-25(37-26)18-6-4-17(5-7-18)22(21-10-9-20(29)14-23(21)30)15-24(31-35)19-8-13-27(33)32(2)16-19/h4-14,16,22,24H,3,15H2,1-2H3/t22-,24?/m0/s1. The molecule has 0 radical (unpaired) electrons. The fourth-order valence-corrected chi connectivity index (χ4v) is 5.25. The van der Waals surface area contributed by atoms with Gasteiger partial charge in [-0.05, 0) is 65.9 Å². The Bertz CT molecular complexity index is 1480. The zero-order valence-corrected chi connectivity index (χ0v) is 21.8. The fourth-order valence-electron chi connectivity index (χ4n) is 4.19. The third-order valence-corrected chi connectivity index (χ3v) is 7.45. The van der Waals surface area contributed by atoms with Crippen LogP contribution in [-0.4, -0.2) is 17.1 Å². The molecule has 1 unspecified atom stereocenters. The van der Waals surface area contributed by atoms with Gasteiger partial charge in [-0.2, -0.15) is 4.91 Å². The summed E-state index contributed by atoms with van der Waals surface area (Å²) in [6, 6.07) is 17.7. The smallest absolute Gasteiger partial charge is 0.348 e. The first-order valence-electron chi connectivity index (χ1n) is 11.6. The van der Waals surface area contributed by atoms with Crippen molar-refractivity contribution in [3.05, 3.63) is 121 Å². The molecule has 0 aliphatic carbocycles. The molecule has 0 bridgehead atoms. The Kier molecular flexibility index (Phi) is 8.31. The average Bonchev–Trinajstić information content (AvgIpc) is 3.38. The van der Waals surface area contributed by atoms with Crippen molar-refractivity contribution in [3.63, 3.8) is 0 Å². The van der Waals surface area contributed by atoms with Crippen molar-refractivity contribution < 1.29 is 13.9 Å². The second-order valence-corrected chi connectivity index (χ2v) is 10.0. The number of thiophene rings is 1. The van der Waals surface area contributed by atoms with E-state index in [0.717, 1.165) is 16.0 Å². The summed E-state index contributed by atoms with van der Waals surface area (Å²) < 4.78 is 21.5. The molecule has 4 rings (SSSR count). The van der Waals surface area contributed by atoms with Gasteiger partial charge < -0.3 is 9.30 Å². The van der Waals surface area contributed by atoms with Crippen LogP contribution in [0, 0.1) is 10.7 Å². The Labute approximate surface area is 222 Å². The number of hydrogen-bond donors (Lipinski definition) is 0. The molecular weight excluding hydrogens is 515 g/mol. The predicted octanol–water partition coefficient (Wildman–Crippen LogP) is 7.11. The molecule has 0 aliphatic heterocycles. The van der Waals surface area contributed by atoms with Crippen LogP contribution in [0.3, 0.4) is 0 Å². The van der Waals surface area contributed by atoms with Crippen LogP contribution < -0.4 is 5.56 Å². The van der Waals surface area contributed by atoms with E-state index in [4.69, 9.17) is 16.3 Å². The lowest BCUT2D eigenvalue weighted by molar-refractivity contribution is 0.0532. The lowest BCUT2D eigenvalue weighted by Gasteiger charge is -2.22. The fraction of sp³-hybridized carbons (Fsp3) is 0.214. The Morgan fingerprint density at radius 1 is 1.08 bits per heavy atom. The van der Waals surface area contributed by atoms with Crippen LogP contribution in [-0.2, 0) is 11.8 Å². The Balaban J connectivity index is 1.69. The number of pyridine rings is 1. The van der Waals surface area contributed by atoms with Gasteiger partial charge in [-0.15, -0.1) is 11.3 Å². The minimum absolute atomic E-state index is 0.186. The molecule has 2 atom stereocenters. The van der Waals surface area contributed by atoms with Gasteiger partial charge >= 0.3 is 5.97 Å². The Morgan fingerprint density at radius 3 is 2.46 bits per heavy atom. The van der Waals surface area contributed by atoms with E-state index in [2.05, 4.69) is 5.18 Å². The Hall–Kier alpha value is -3.62. The predicted molar refractivity (Wildman–Crippen MR) is 144 cm³/mol. The number of ether oxygens (including phenoxy) is 1. The maximum absolute atomic E-state index is 15.1. The normalized spacial score (nSPS) is 12.6. The van der Waals surface area contributed by atoms with Gasteiger partial charge in [-0.1, -0.05) is 47.1 Å². The van der Waals surface area contributed by atoms with Crippen LogP contribution >= 0.6 is 22.9 Å². The molecule has 0 aliphatic rings. The maximum atomic E-state index is 15.1. The van der Waals surface area contributed by atoms with Crippen LogP contribution in [0.1, 0.15) is 51.7 Å². The highest BCUT2D eigenvalue weighted by Gasteiger charge is 2.25. The highest BCUT2D eigenvalue weighted by Crippen LogP contribution is 2.38. The van der Waals surface area contributed by atoms with Crippen LogP contribution in [0.25, 0.3) is 10.4 Å². The summed E-state index contributed by atoms with van der Waals surface area (Å²) in [4.78, 5) is 37.1. The highest BCUT2D eigenvalue weighted by molar-refractivity contribution is 7.17. The van der Waals surface area contributed by atoms with Gasteiger partial charge in [0.2, 0.25) is 5.56 Å². The van der Waals surface area contributed by atoms with Crippen LogP contribution in [0.4, 0.5) is 4.39 Å². The van der Waals surface area contributed by atoms with Crippen LogP contribution in [0.5, 0.6) is 0 Å². The number of aryl methyl sites for hydroxylation is 1. The molecule has 2 aromatic heterocycles. The first-order valence-corrected chi connectivity index (χ1v) is 12.8. The van der Waals surface area contributed by atoms with Crippen LogP contribution in [0.15, 0.2) is 82.9 Å². The van der Waals surface area contributed by atoms with E-state index in [9.17, 15) is 14.5 Å². The van der Waals surface area contributed by atoms with Gasteiger partial charge in [0.25, 0.3) is 0 Å². The zero-order chi connectivity index (χ0) is 26.5. The molecule has 2 aromatic carbocycles. The molecule has 190 valence electrons. The minimum atomic E-state index is -0.809. The van der Waals surface area contributed by atoms with E-state index in [0.29, 0.717) is 22.6 Å². The number of carbonyl (C=O) groups excluding carboxylic acids is 1. The SMILES string of the molecule is CCOC(=O)c1ccc(-c2ccc([C@H](CC(N=O)c3ccc(=O)n(C)c3)c3ccc(Cl)cc3F)cc2)s1. The number of halogens is 2. The number of nitroso groups, excluding NO2 is 1. The second-order valence-electron chi connectivity index (χ2n) is 8.49. The second kappa shape index (κ2) is 11.6. The van der Waals surface area contributed by atoms with Crippen molar-refractivity contribution in [2.24, 2.45) is 12.2 Å². The van der Waals surface area contributed by atoms with Gasteiger partial charge in [-0.25, -0.2) is 9.18 Å². The third kappa shape index (κ3) is 6.03. The van der Waals surface area contributed by atoms with Crippen molar-refractivity contribution in [2.75, 3.05) is 6.61 Å². The number of carbonyl (C=O) groups is 1. The summed E-state index contributed by atoms with van der Waals surface area (Å²) in [5.41, 5.74) is 2.42. The van der Waals surface area contributed by atoms with Crippen molar-refractivity contribution in [2.45, 2.75) is 25.3 Å². The molecule has 0 N–H and O–H groups in total. The monoisotopic (exact) mass is 538 g/mol. The summed E-state index contributed by atoms with van der Waals surface area (Å²) in [7, 11) is 1.60. The molecule has 37 heavy (non-hydrogen) atoms. The lowest BCUT2D eigenvalue weighted by Crippen LogP contribution is -2.16. The maximum Gasteiger partial charge on any atom is 0.348 e. The van der Waals surface area contributed by atoms with Gasteiger partial charge in [0, 0.05) is 35.1 Å². The molecule has 0 amide bonds. The molecule has 4 aromatic rings. The van der Waals surface area contributed by atoms with E-state index in [1.54, 1.807) is 44.4 Å². The van der Waals surface area contributed by atoms with Gasteiger partial charge in [0.15, 0.2) is 0 Å². The lowest BCUT2D eigenvalue weighted by atomic mass is 9.84. The molecule has 0 fully saturated rings. The molecular formula is C28H24ClFN2O4S. The topological polar surface area (TPSA) is 77.7 Å². The van der Waals surface area contributed by atoms with E-state index in [1.165, 1.54) is 28.0 Å². The third-order valence-electron chi connectivity index (χ3n) is 6.10. The van der Waals surface area contributed by atoms with Crippen LogP contribution in [0.2, 0.25) is 5.02 Å². The summed E-state index contributed by atoms with van der Waals surface area (Å²) in [6.45, 7) is 2.06. The summed E-state index contributed by atoms with van der Waals surface area (Å²) in [5.74, 6) is -1.35. The number of benzene rings is 2. The van der Waals surface area contributed by atoms with Crippen molar-refractivity contribution in [3.8, 4) is 10.4 Å². The van der Waals surface area contributed by atoms with E-state index >= 15 is 4.39 Å². The first kappa shape index (κ1) is 26.4. The number of esters is 1. The summed E-state index contributed by atoms with van der Waals surface area (Å²) in [5, 5.41) is 3.58. The average molecular weight is 539 g/mol. The number of rotatable bonds is 9. The summed E-state index contributed by atoms with van der Waals surface area (Å²) in [6.07, 6.45) is 1.76. The van der Waals surface area contributed by atoms with Gasteiger partial charge in [-0.3, -0.25) is 4.79 Å². The summed E-state index contributed by atoms with van der Waals surface area (Å²) >= 11 is 7.32. The quantitative estimate of drug-likeness (QED) is 0.168. The number of hydrogen-bond acceptors (Lipinski definition) is 6. The van der Waals surface area contributed by atoms with Crippen molar-refractivity contribution >= 4 is 28.9 Å². The molecule has 2 heterocycles. The highest BCUT2D eigenvalue weighted by atomic mass is 35.5. The zero-order valence-electron chi connectivity index (χ0n) is 20.2. The van der Waals surface area contributed by atoms with E-state index < -0.39 is 17.8 Å². The molecule has 0 saturated carbocycles.